The highest BCUT2D eigenvalue weighted by Crippen LogP contribution is 2.38. The summed E-state index contributed by atoms with van der Waals surface area (Å²) in [7, 11) is -0.544. The Morgan fingerprint density at radius 1 is 1.12 bits per heavy atom. The van der Waals surface area contributed by atoms with Gasteiger partial charge in [0.25, 0.3) is 0 Å². The molecule has 1 amide bonds. The third-order valence-electron chi connectivity index (χ3n) is 6.16. The molecule has 0 saturated carbocycles. The molecule has 4 rings (SSSR count). The van der Waals surface area contributed by atoms with E-state index in [0.29, 0.717) is 38.3 Å². The molecule has 0 N–H and O–H groups in total. The number of carbonyl (C=O) groups excluding carboxylic acids is 1. The van der Waals surface area contributed by atoms with Crippen molar-refractivity contribution < 1.29 is 27.4 Å². The predicted octanol–water partition coefficient (Wildman–Crippen LogP) is 3.23. The lowest BCUT2D eigenvalue weighted by molar-refractivity contribution is -0.132. The first-order chi connectivity index (χ1) is 15.9. The van der Waals surface area contributed by atoms with E-state index in [2.05, 4.69) is 0 Å². The van der Waals surface area contributed by atoms with Crippen LogP contribution < -0.4 is 14.2 Å². The third-order valence-corrected chi connectivity index (χ3v) is 8.03. The van der Waals surface area contributed by atoms with Gasteiger partial charge in [-0.25, -0.2) is 12.7 Å². The number of rotatable bonds is 8. The van der Waals surface area contributed by atoms with E-state index in [1.807, 2.05) is 23.1 Å². The average molecular weight is 475 g/mol. The lowest BCUT2D eigenvalue weighted by Gasteiger charge is -2.27. The van der Waals surface area contributed by atoms with Gasteiger partial charge >= 0.3 is 0 Å². The van der Waals surface area contributed by atoms with Crippen LogP contribution in [0.3, 0.4) is 0 Å². The van der Waals surface area contributed by atoms with Gasteiger partial charge in [0.15, 0.2) is 11.5 Å². The smallest absolute Gasteiger partial charge is 0.242 e. The Morgan fingerprint density at radius 2 is 1.85 bits per heavy atom. The first-order valence-electron chi connectivity index (χ1n) is 11.2. The van der Waals surface area contributed by atoms with Crippen LogP contribution in [0.4, 0.5) is 0 Å². The fraction of sp³-hybridized carbons (Fsp3) is 0.458. The molecule has 0 radical (unpaired) electrons. The first kappa shape index (κ1) is 23.4. The van der Waals surface area contributed by atoms with Gasteiger partial charge in [0.1, 0.15) is 19.0 Å². The molecule has 178 valence electrons. The summed E-state index contributed by atoms with van der Waals surface area (Å²) in [5, 5.41) is 0. The minimum absolute atomic E-state index is 0.00841. The maximum atomic E-state index is 13.0. The standard InChI is InChI=1S/C24H30N2O6S/c1-25(33(28,29)20-10-8-19(30-2)9-11-20)13-4-6-24(27)26-14-3-5-21(26)18-7-12-22-23(17-18)32-16-15-31-22/h7-12,17,21H,3-6,13-16H2,1-2H3. The van der Waals surface area contributed by atoms with Crippen LogP contribution in [0.5, 0.6) is 17.2 Å². The number of sulfonamides is 1. The highest BCUT2D eigenvalue weighted by atomic mass is 32.2. The van der Waals surface area contributed by atoms with Gasteiger partial charge in [-0.2, -0.15) is 0 Å². The summed E-state index contributed by atoms with van der Waals surface area (Å²) in [6.45, 7) is 2.04. The molecule has 9 heteroatoms. The lowest BCUT2D eigenvalue weighted by Crippen LogP contribution is -2.32. The second-order valence-corrected chi connectivity index (χ2v) is 10.3. The number of methoxy groups -OCH3 is 1. The molecular weight excluding hydrogens is 444 g/mol. The highest BCUT2D eigenvalue weighted by molar-refractivity contribution is 7.89. The van der Waals surface area contributed by atoms with Crippen LogP contribution in [-0.2, 0) is 14.8 Å². The van der Waals surface area contributed by atoms with Gasteiger partial charge in [-0.1, -0.05) is 6.07 Å². The van der Waals surface area contributed by atoms with E-state index in [-0.39, 0.29) is 23.4 Å². The van der Waals surface area contributed by atoms with Crippen LogP contribution in [0.1, 0.15) is 37.3 Å². The van der Waals surface area contributed by atoms with Crippen molar-refractivity contribution in [2.75, 3.05) is 40.5 Å². The van der Waals surface area contributed by atoms with Crippen molar-refractivity contribution in [2.45, 2.75) is 36.6 Å². The minimum atomic E-state index is -3.62. The zero-order valence-electron chi connectivity index (χ0n) is 19.0. The van der Waals surface area contributed by atoms with E-state index in [0.717, 1.165) is 29.9 Å². The number of fused-ring (bicyclic) bond motifs is 1. The molecule has 2 aliphatic rings. The molecule has 2 aliphatic heterocycles. The summed E-state index contributed by atoms with van der Waals surface area (Å²) in [5.74, 6) is 2.11. The van der Waals surface area contributed by atoms with E-state index >= 15 is 0 Å². The molecule has 1 saturated heterocycles. The summed E-state index contributed by atoms with van der Waals surface area (Å²) in [4.78, 5) is 15.1. The topological polar surface area (TPSA) is 85.4 Å². The Hall–Kier alpha value is -2.78. The average Bonchev–Trinajstić information content (AvgIpc) is 3.34. The molecule has 0 bridgehead atoms. The Balaban J connectivity index is 1.34. The number of carbonyl (C=O) groups is 1. The molecule has 1 atom stereocenters. The Morgan fingerprint density at radius 3 is 2.58 bits per heavy atom. The fourth-order valence-electron chi connectivity index (χ4n) is 4.32. The molecule has 0 aliphatic carbocycles. The first-order valence-corrected chi connectivity index (χ1v) is 12.6. The molecule has 33 heavy (non-hydrogen) atoms. The van der Waals surface area contributed by atoms with Crippen LogP contribution in [-0.4, -0.2) is 64.0 Å². The maximum Gasteiger partial charge on any atom is 0.242 e. The molecule has 2 aromatic rings. The minimum Gasteiger partial charge on any atom is -0.497 e. The van der Waals surface area contributed by atoms with E-state index in [9.17, 15) is 13.2 Å². The summed E-state index contributed by atoms with van der Waals surface area (Å²) >= 11 is 0. The molecule has 2 heterocycles. The van der Waals surface area contributed by atoms with Gasteiger partial charge < -0.3 is 19.1 Å². The van der Waals surface area contributed by atoms with Crippen molar-refractivity contribution in [3.8, 4) is 17.2 Å². The van der Waals surface area contributed by atoms with Crippen molar-refractivity contribution in [2.24, 2.45) is 0 Å². The number of benzene rings is 2. The SMILES string of the molecule is COc1ccc(S(=O)(=O)N(C)CCCC(=O)N2CCCC2c2ccc3c(c2)OCCO3)cc1. The summed E-state index contributed by atoms with van der Waals surface area (Å²) in [5.41, 5.74) is 1.05. The molecule has 0 spiro atoms. The molecule has 2 aromatic carbocycles. The monoisotopic (exact) mass is 474 g/mol. The summed E-state index contributed by atoms with van der Waals surface area (Å²) in [6.07, 6.45) is 2.59. The molecule has 1 fully saturated rings. The molecular formula is C24H30N2O6S. The highest BCUT2D eigenvalue weighted by Gasteiger charge is 2.31. The van der Waals surface area contributed by atoms with Gasteiger partial charge in [-0.3, -0.25) is 4.79 Å². The van der Waals surface area contributed by atoms with Crippen molar-refractivity contribution in [1.82, 2.24) is 9.21 Å². The van der Waals surface area contributed by atoms with Gasteiger partial charge in [0, 0.05) is 26.6 Å². The van der Waals surface area contributed by atoms with Crippen molar-refractivity contribution >= 4 is 15.9 Å². The zero-order chi connectivity index (χ0) is 23.4. The number of nitrogens with zero attached hydrogens (tertiary/aromatic N) is 2. The maximum absolute atomic E-state index is 13.0. The number of ether oxygens (including phenoxy) is 3. The number of hydrogen-bond acceptors (Lipinski definition) is 6. The van der Waals surface area contributed by atoms with E-state index in [4.69, 9.17) is 14.2 Å². The second-order valence-electron chi connectivity index (χ2n) is 8.25. The van der Waals surface area contributed by atoms with Crippen LogP contribution >= 0.6 is 0 Å². The summed E-state index contributed by atoms with van der Waals surface area (Å²) < 4.78 is 43.2. The van der Waals surface area contributed by atoms with Gasteiger partial charge in [0.05, 0.1) is 18.0 Å². The fourth-order valence-corrected chi connectivity index (χ4v) is 5.53. The quantitative estimate of drug-likeness (QED) is 0.584. The molecule has 8 nitrogen and oxygen atoms in total. The van der Waals surface area contributed by atoms with Gasteiger partial charge in [-0.05, 0) is 61.2 Å². The lowest BCUT2D eigenvalue weighted by atomic mass is 10.0. The Labute approximate surface area is 195 Å². The Bertz CT molecular complexity index is 1090. The predicted molar refractivity (Wildman–Crippen MR) is 123 cm³/mol. The normalized spacial score (nSPS) is 17.9. The van der Waals surface area contributed by atoms with Crippen LogP contribution in [0.25, 0.3) is 0 Å². The van der Waals surface area contributed by atoms with Crippen molar-refractivity contribution in [3.05, 3.63) is 48.0 Å². The van der Waals surface area contributed by atoms with E-state index in [1.165, 1.54) is 30.6 Å². The van der Waals surface area contributed by atoms with Crippen molar-refractivity contribution in [3.63, 3.8) is 0 Å². The van der Waals surface area contributed by atoms with Crippen LogP contribution in [0, 0.1) is 0 Å². The van der Waals surface area contributed by atoms with E-state index < -0.39 is 10.0 Å². The second kappa shape index (κ2) is 10.0. The zero-order valence-corrected chi connectivity index (χ0v) is 19.8. The molecule has 0 aromatic heterocycles. The van der Waals surface area contributed by atoms with Crippen LogP contribution in [0.15, 0.2) is 47.4 Å². The van der Waals surface area contributed by atoms with Crippen molar-refractivity contribution in [1.29, 1.82) is 0 Å². The van der Waals surface area contributed by atoms with Gasteiger partial charge in [0.2, 0.25) is 15.9 Å². The van der Waals surface area contributed by atoms with Crippen LogP contribution in [0.2, 0.25) is 0 Å². The third kappa shape index (κ3) is 5.09. The summed E-state index contributed by atoms with van der Waals surface area (Å²) in [6, 6.07) is 12.2. The number of likely N-dealkylation sites (tertiary alicyclic amines) is 1. The van der Waals surface area contributed by atoms with Gasteiger partial charge in [-0.15, -0.1) is 0 Å². The largest absolute Gasteiger partial charge is 0.497 e. The Kier molecular flexibility index (Phi) is 7.09. The molecule has 1 unspecified atom stereocenters. The number of hydrogen-bond donors (Lipinski definition) is 0. The number of amides is 1. The van der Waals surface area contributed by atoms with E-state index in [1.54, 1.807) is 12.1 Å².